The van der Waals surface area contributed by atoms with Crippen molar-refractivity contribution in [3.8, 4) is 0 Å². The lowest BCUT2D eigenvalue weighted by Crippen LogP contribution is -2.29. The maximum atomic E-state index is 3.43. The standard InChI is InChI=1S/C12H20N2S/c1-10(12-4-3-7-15-12)14(2)9-11-5-6-13-8-11/h3-4,7,10-11,13H,5-6,8-9H2,1-2H3/t10-,11+/m0/s1. The van der Waals surface area contributed by atoms with E-state index >= 15 is 0 Å². The third-order valence-electron chi connectivity index (χ3n) is 3.32. The van der Waals surface area contributed by atoms with Crippen LogP contribution in [0.3, 0.4) is 0 Å². The van der Waals surface area contributed by atoms with Gasteiger partial charge in [0.25, 0.3) is 0 Å². The summed E-state index contributed by atoms with van der Waals surface area (Å²) < 4.78 is 0. The Hall–Kier alpha value is -0.380. The van der Waals surface area contributed by atoms with E-state index in [2.05, 4.69) is 41.7 Å². The molecular weight excluding hydrogens is 204 g/mol. The fourth-order valence-corrected chi connectivity index (χ4v) is 3.03. The van der Waals surface area contributed by atoms with Gasteiger partial charge in [-0.3, -0.25) is 4.90 Å². The molecule has 0 aliphatic carbocycles. The average Bonchev–Trinajstić information content (AvgIpc) is 2.88. The van der Waals surface area contributed by atoms with E-state index in [1.807, 2.05) is 11.3 Å². The van der Waals surface area contributed by atoms with Crippen LogP contribution < -0.4 is 5.32 Å². The molecule has 2 nitrogen and oxygen atoms in total. The van der Waals surface area contributed by atoms with Gasteiger partial charge in [-0.2, -0.15) is 0 Å². The molecule has 0 bridgehead atoms. The molecule has 1 aliphatic heterocycles. The van der Waals surface area contributed by atoms with Crippen LogP contribution in [-0.4, -0.2) is 31.6 Å². The summed E-state index contributed by atoms with van der Waals surface area (Å²) in [6.45, 7) is 5.91. The highest BCUT2D eigenvalue weighted by Crippen LogP contribution is 2.24. The Morgan fingerprint density at radius 3 is 3.13 bits per heavy atom. The zero-order valence-corrected chi connectivity index (χ0v) is 10.4. The SMILES string of the molecule is C[C@@H](c1cccs1)N(C)C[C@@H]1CCNC1. The lowest BCUT2D eigenvalue weighted by Gasteiger charge is -2.26. The lowest BCUT2D eigenvalue weighted by atomic mass is 10.1. The fourth-order valence-electron chi connectivity index (χ4n) is 2.18. The smallest absolute Gasteiger partial charge is 0.0410 e. The zero-order chi connectivity index (χ0) is 10.7. The van der Waals surface area contributed by atoms with Gasteiger partial charge >= 0.3 is 0 Å². The number of rotatable bonds is 4. The first-order valence-corrected chi connectivity index (χ1v) is 6.59. The molecule has 0 unspecified atom stereocenters. The third-order valence-corrected chi connectivity index (χ3v) is 4.37. The third kappa shape index (κ3) is 2.80. The van der Waals surface area contributed by atoms with Crippen LogP contribution in [0.4, 0.5) is 0 Å². The maximum Gasteiger partial charge on any atom is 0.0410 e. The molecule has 84 valence electrons. The Labute approximate surface area is 96.3 Å². The second-order valence-electron chi connectivity index (χ2n) is 4.49. The second-order valence-corrected chi connectivity index (χ2v) is 5.47. The first-order valence-electron chi connectivity index (χ1n) is 5.71. The van der Waals surface area contributed by atoms with E-state index in [0.29, 0.717) is 6.04 Å². The molecule has 1 aromatic rings. The summed E-state index contributed by atoms with van der Waals surface area (Å²) in [7, 11) is 2.24. The van der Waals surface area contributed by atoms with Gasteiger partial charge < -0.3 is 5.32 Å². The summed E-state index contributed by atoms with van der Waals surface area (Å²) in [5.41, 5.74) is 0. The minimum atomic E-state index is 0.561. The van der Waals surface area contributed by atoms with Crippen LogP contribution in [0.1, 0.15) is 24.3 Å². The van der Waals surface area contributed by atoms with Gasteiger partial charge in [-0.15, -0.1) is 11.3 Å². The first kappa shape index (κ1) is 11.1. The second kappa shape index (κ2) is 5.10. The number of hydrogen-bond acceptors (Lipinski definition) is 3. The monoisotopic (exact) mass is 224 g/mol. The molecule has 2 heterocycles. The molecule has 1 aliphatic rings. The summed E-state index contributed by atoms with van der Waals surface area (Å²) in [5, 5.41) is 5.59. The Balaban J connectivity index is 1.87. The Bertz CT molecular complexity index is 278. The minimum absolute atomic E-state index is 0.561. The summed E-state index contributed by atoms with van der Waals surface area (Å²) >= 11 is 1.86. The van der Waals surface area contributed by atoms with Gasteiger partial charge in [0.15, 0.2) is 0 Å². The van der Waals surface area contributed by atoms with Crippen molar-refractivity contribution in [1.82, 2.24) is 10.2 Å². The van der Waals surface area contributed by atoms with Crippen LogP contribution >= 0.6 is 11.3 Å². The van der Waals surface area contributed by atoms with Crippen molar-refractivity contribution in [2.75, 3.05) is 26.7 Å². The number of hydrogen-bond donors (Lipinski definition) is 1. The number of thiophene rings is 1. The van der Waals surface area contributed by atoms with Gasteiger partial charge in [-0.05, 0) is 50.8 Å². The molecule has 2 rings (SSSR count). The summed E-state index contributed by atoms with van der Waals surface area (Å²) in [6.07, 6.45) is 1.33. The Morgan fingerprint density at radius 1 is 1.67 bits per heavy atom. The van der Waals surface area contributed by atoms with Gasteiger partial charge in [0.1, 0.15) is 0 Å². The molecule has 1 aromatic heterocycles. The first-order chi connectivity index (χ1) is 7.27. The Kier molecular flexibility index (Phi) is 3.78. The molecular formula is C12H20N2S. The van der Waals surface area contributed by atoms with E-state index in [4.69, 9.17) is 0 Å². The van der Waals surface area contributed by atoms with Crippen molar-refractivity contribution >= 4 is 11.3 Å². The summed E-state index contributed by atoms with van der Waals surface area (Å²) in [4.78, 5) is 3.95. The van der Waals surface area contributed by atoms with Crippen molar-refractivity contribution in [3.05, 3.63) is 22.4 Å². The maximum absolute atomic E-state index is 3.43. The predicted molar refractivity (Wildman–Crippen MR) is 66.3 cm³/mol. The zero-order valence-electron chi connectivity index (χ0n) is 9.57. The lowest BCUT2D eigenvalue weighted by molar-refractivity contribution is 0.229. The molecule has 1 saturated heterocycles. The van der Waals surface area contributed by atoms with E-state index in [1.165, 1.54) is 30.9 Å². The van der Waals surface area contributed by atoms with Crippen molar-refractivity contribution in [2.45, 2.75) is 19.4 Å². The van der Waals surface area contributed by atoms with Gasteiger partial charge in [0.2, 0.25) is 0 Å². The fraction of sp³-hybridized carbons (Fsp3) is 0.667. The van der Waals surface area contributed by atoms with Crippen molar-refractivity contribution in [3.63, 3.8) is 0 Å². The molecule has 1 fully saturated rings. The number of nitrogens with zero attached hydrogens (tertiary/aromatic N) is 1. The van der Waals surface area contributed by atoms with E-state index < -0.39 is 0 Å². The van der Waals surface area contributed by atoms with E-state index in [9.17, 15) is 0 Å². The van der Waals surface area contributed by atoms with E-state index in [-0.39, 0.29) is 0 Å². The van der Waals surface area contributed by atoms with Crippen LogP contribution in [0, 0.1) is 5.92 Å². The minimum Gasteiger partial charge on any atom is -0.316 e. The van der Waals surface area contributed by atoms with E-state index in [0.717, 1.165) is 5.92 Å². The highest BCUT2D eigenvalue weighted by molar-refractivity contribution is 7.10. The van der Waals surface area contributed by atoms with Crippen molar-refractivity contribution in [1.29, 1.82) is 0 Å². The van der Waals surface area contributed by atoms with Crippen LogP contribution in [0.25, 0.3) is 0 Å². The van der Waals surface area contributed by atoms with Gasteiger partial charge in [-0.1, -0.05) is 6.07 Å². The summed E-state index contributed by atoms with van der Waals surface area (Å²) in [6, 6.07) is 4.94. The van der Waals surface area contributed by atoms with E-state index in [1.54, 1.807) is 0 Å². The van der Waals surface area contributed by atoms with Crippen LogP contribution in [0.5, 0.6) is 0 Å². The highest BCUT2D eigenvalue weighted by Gasteiger charge is 2.19. The van der Waals surface area contributed by atoms with Gasteiger partial charge in [0, 0.05) is 17.5 Å². The molecule has 0 spiro atoms. The molecule has 1 N–H and O–H groups in total. The van der Waals surface area contributed by atoms with Crippen LogP contribution in [-0.2, 0) is 0 Å². The average molecular weight is 224 g/mol. The Morgan fingerprint density at radius 2 is 2.53 bits per heavy atom. The summed E-state index contributed by atoms with van der Waals surface area (Å²) in [5.74, 6) is 0.845. The van der Waals surface area contributed by atoms with Gasteiger partial charge in [-0.25, -0.2) is 0 Å². The van der Waals surface area contributed by atoms with Crippen LogP contribution in [0.15, 0.2) is 17.5 Å². The highest BCUT2D eigenvalue weighted by atomic mass is 32.1. The molecule has 0 radical (unpaired) electrons. The predicted octanol–water partition coefficient (Wildman–Crippen LogP) is 2.35. The largest absolute Gasteiger partial charge is 0.316 e. The normalized spacial score (nSPS) is 23.5. The molecule has 0 aromatic carbocycles. The molecule has 3 heteroatoms. The number of nitrogens with one attached hydrogen (secondary N) is 1. The quantitative estimate of drug-likeness (QED) is 0.844. The molecule has 2 atom stereocenters. The van der Waals surface area contributed by atoms with Crippen molar-refractivity contribution in [2.24, 2.45) is 5.92 Å². The molecule has 15 heavy (non-hydrogen) atoms. The van der Waals surface area contributed by atoms with Gasteiger partial charge in [0.05, 0.1) is 0 Å². The molecule has 0 amide bonds. The van der Waals surface area contributed by atoms with Crippen LogP contribution in [0.2, 0.25) is 0 Å². The molecule has 0 saturated carbocycles. The topological polar surface area (TPSA) is 15.3 Å². The van der Waals surface area contributed by atoms with Crippen molar-refractivity contribution < 1.29 is 0 Å².